The molecular formula is C19H15N2O2S. The van der Waals surface area contributed by atoms with Crippen LogP contribution in [0.1, 0.15) is 0 Å². The normalized spacial score (nSPS) is 11.7. The zero-order chi connectivity index (χ0) is 17.0. The van der Waals surface area contributed by atoms with Gasteiger partial charge in [-0.05, 0) is 23.8 Å². The molecule has 0 saturated heterocycles. The highest BCUT2D eigenvalue weighted by molar-refractivity contribution is 7.90. The minimum Gasteiger partial charge on any atom is -0.224 e. The first-order valence-electron chi connectivity index (χ1n) is 7.32. The molecule has 0 aliphatic carbocycles. The standard InChI is InChI=1S/C19H15N2O2S/c1-24(22,23)18-14-8-13-17(19(18)15-9-4-2-5-10-15)21-20-16-11-6-3-7-12-16/h2-13H,1H3. The molecule has 119 valence electrons. The van der Waals surface area contributed by atoms with Crippen molar-refractivity contribution < 1.29 is 8.42 Å². The fourth-order valence-corrected chi connectivity index (χ4v) is 3.21. The van der Waals surface area contributed by atoms with Crippen LogP contribution in [0.3, 0.4) is 0 Å². The summed E-state index contributed by atoms with van der Waals surface area (Å²) in [6.07, 6.45) is 1.17. The van der Waals surface area contributed by atoms with Gasteiger partial charge in [-0.1, -0.05) is 54.6 Å². The van der Waals surface area contributed by atoms with E-state index < -0.39 is 9.84 Å². The van der Waals surface area contributed by atoms with Gasteiger partial charge in [0.2, 0.25) is 0 Å². The van der Waals surface area contributed by atoms with Crippen LogP contribution in [0.2, 0.25) is 0 Å². The molecule has 0 fully saturated rings. The van der Waals surface area contributed by atoms with Crippen molar-refractivity contribution >= 4 is 21.2 Å². The van der Waals surface area contributed by atoms with Gasteiger partial charge in [0.15, 0.2) is 9.84 Å². The molecule has 0 heterocycles. The van der Waals surface area contributed by atoms with Crippen molar-refractivity contribution in [2.24, 2.45) is 10.2 Å². The summed E-state index contributed by atoms with van der Waals surface area (Å²) in [6, 6.07) is 24.7. The van der Waals surface area contributed by atoms with Crippen LogP contribution in [-0.2, 0) is 9.84 Å². The average Bonchev–Trinajstić information content (AvgIpc) is 2.60. The highest BCUT2D eigenvalue weighted by Crippen LogP contribution is 2.36. The van der Waals surface area contributed by atoms with Gasteiger partial charge in [0.05, 0.1) is 16.3 Å². The SMILES string of the molecule is CS(=O)(=O)c1[c]ccc(N=Nc2ccccc2)c1-c1ccccc1. The second-order valence-electron chi connectivity index (χ2n) is 5.24. The summed E-state index contributed by atoms with van der Waals surface area (Å²) in [6.45, 7) is 0. The van der Waals surface area contributed by atoms with Gasteiger partial charge in [0, 0.05) is 17.9 Å². The molecule has 3 aromatic rings. The molecule has 1 radical (unpaired) electrons. The second kappa shape index (κ2) is 6.76. The predicted molar refractivity (Wildman–Crippen MR) is 94.4 cm³/mol. The van der Waals surface area contributed by atoms with E-state index in [4.69, 9.17) is 0 Å². The molecule has 0 unspecified atom stereocenters. The van der Waals surface area contributed by atoms with Gasteiger partial charge in [-0.2, -0.15) is 5.11 Å². The molecule has 0 bridgehead atoms. The van der Waals surface area contributed by atoms with Gasteiger partial charge < -0.3 is 0 Å². The summed E-state index contributed by atoms with van der Waals surface area (Å²) in [5.74, 6) is 0. The highest BCUT2D eigenvalue weighted by Gasteiger charge is 2.18. The van der Waals surface area contributed by atoms with Crippen LogP contribution in [0.25, 0.3) is 11.1 Å². The van der Waals surface area contributed by atoms with Crippen molar-refractivity contribution in [3.05, 3.63) is 78.9 Å². The quantitative estimate of drug-likeness (QED) is 0.632. The number of benzene rings is 3. The Labute approximate surface area is 141 Å². The maximum Gasteiger partial charge on any atom is 0.176 e. The van der Waals surface area contributed by atoms with E-state index >= 15 is 0 Å². The molecule has 0 aromatic heterocycles. The van der Waals surface area contributed by atoms with Crippen molar-refractivity contribution in [1.29, 1.82) is 0 Å². The largest absolute Gasteiger partial charge is 0.224 e. The fourth-order valence-electron chi connectivity index (χ4n) is 2.33. The van der Waals surface area contributed by atoms with Gasteiger partial charge >= 0.3 is 0 Å². The van der Waals surface area contributed by atoms with Crippen LogP contribution in [0.15, 0.2) is 87.9 Å². The Balaban J connectivity index is 2.18. The lowest BCUT2D eigenvalue weighted by atomic mass is 10.0. The number of sulfone groups is 1. The number of hydrogen-bond acceptors (Lipinski definition) is 4. The molecular weight excluding hydrogens is 320 g/mol. The number of nitrogens with zero attached hydrogens (tertiary/aromatic N) is 2. The first-order chi connectivity index (χ1) is 11.6. The van der Waals surface area contributed by atoms with Crippen LogP contribution in [-0.4, -0.2) is 14.7 Å². The highest BCUT2D eigenvalue weighted by atomic mass is 32.2. The Kier molecular flexibility index (Phi) is 4.53. The molecule has 0 aliphatic rings. The molecule has 5 heteroatoms. The summed E-state index contributed by atoms with van der Waals surface area (Å²) < 4.78 is 24.3. The predicted octanol–water partition coefficient (Wildman–Crippen LogP) is 4.97. The minimum absolute atomic E-state index is 0.123. The Hall–Kier alpha value is -2.79. The van der Waals surface area contributed by atoms with E-state index in [0.29, 0.717) is 16.9 Å². The summed E-state index contributed by atoms with van der Waals surface area (Å²) in [5.41, 5.74) is 2.46. The molecule has 0 amide bonds. The maximum atomic E-state index is 12.1. The van der Waals surface area contributed by atoms with Crippen molar-refractivity contribution in [2.45, 2.75) is 4.90 Å². The number of rotatable bonds is 4. The van der Waals surface area contributed by atoms with Crippen molar-refractivity contribution in [3.8, 4) is 11.1 Å². The topological polar surface area (TPSA) is 58.9 Å². The molecule has 0 saturated carbocycles. The van der Waals surface area contributed by atoms with Crippen LogP contribution in [0.5, 0.6) is 0 Å². The van der Waals surface area contributed by atoms with Gasteiger partial charge in [0.25, 0.3) is 0 Å². The number of azo groups is 1. The molecule has 0 atom stereocenters. The monoisotopic (exact) mass is 335 g/mol. The number of hydrogen-bond donors (Lipinski definition) is 0. The average molecular weight is 335 g/mol. The van der Waals surface area contributed by atoms with Crippen LogP contribution < -0.4 is 0 Å². The van der Waals surface area contributed by atoms with E-state index in [2.05, 4.69) is 16.3 Å². The van der Waals surface area contributed by atoms with Gasteiger partial charge in [0.1, 0.15) is 0 Å². The summed E-state index contributed by atoms with van der Waals surface area (Å²) in [5, 5.41) is 8.47. The molecule has 0 spiro atoms. The summed E-state index contributed by atoms with van der Waals surface area (Å²) in [4.78, 5) is 0.123. The molecule has 0 N–H and O–H groups in total. The Bertz CT molecular complexity index is 967. The lowest BCUT2D eigenvalue weighted by Gasteiger charge is -2.10. The van der Waals surface area contributed by atoms with Crippen molar-refractivity contribution in [2.75, 3.05) is 6.26 Å². The van der Waals surface area contributed by atoms with Crippen LogP contribution in [0, 0.1) is 6.07 Å². The zero-order valence-corrected chi connectivity index (χ0v) is 13.9. The molecule has 0 aliphatic heterocycles. The Morgan fingerprint density at radius 1 is 0.833 bits per heavy atom. The molecule has 3 rings (SSSR count). The molecule has 24 heavy (non-hydrogen) atoms. The van der Waals surface area contributed by atoms with Crippen molar-refractivity contribution in [1.82, 2.24) is 0 Å². The van der Waals surface area contributed by atoms with Crippen LogP contribution in [0.4, 0.5) is 11.4 Å². The van der Waals surface area contributed by atoms with E-state index in [1.54, 1.807) is 12.1 Å². The summed E-state index contributed by atoms with van der Waals surface area (Å²) in [7, 11) is -3.44. The van der Waals surface area contributed by atoms with E-state index in [1.165, 1.54) is 6.26 Å². The summed E-state index contributed by atoms with van der Waals surface area (Å²) >= 11 is 0. The lowest BCUT2D eigenvalue weighted by molar-refractivity contribution is 0.602. The Morgan fingerprint density at radius 3 is 2.08 bits per heavy atom. The van der Waals surface area contributed by atoms with E-state index in [1.807, 2.05) is 60.7 Å². The van der Waals surface area contributed by atoms with Crippen molar-refractivity contribution in [3.63, 3.8) is 0 Å². The Morgan fingerprint density at radius 2 is 1.46 bits per heavy atom. The van der Waals surface area contributed by atoms with Gasteiger partial charge in [-0.15, -0.1) is 5.11 Å². The first-order valence-corrected chi connectivity index (χ1v) is 9.22. The third-order valence-electron chi connectivity index (χ3n) is 3.40. The van der Waals surface area contributed by atoms with Crippen LogP contribution >= 0.6 is 0 Å². The van der Waals surface area contributed by atoms with Gasteiger partial charge in [-0.25, -0.2) is 8.42 Å². The third-order valence-corrected chi connectivity index (χ3v) is 4.47. The van der Waals surface area contributed by atoms with E-state index in [0.717, 1.165) is 5.56 Å². The molecule has 4 nitrogen and oxygen atoms in total. The van der Waals surface area contributed by atoms with Gasteiger partial charge in [-0.3, -0.25) is 0 Å². The fraction of sp³-hybridized carbons (Fsp3) is 0.0526. The maximum absolute atomic E-state index is 12.1. The smallest absolute Gasteiger partial charge is 0.176 e. The van der Waals surface area contributed by atoms with E-state index in [9.17, 15) is 8.42 Å². The molecule has 3 aromatic carbocycles. The lowest BCUT2D eigenvalue weighted by Crippen LogP contribution is -2.00. The third kappa shape index (κ3) is 3.58. The minimum atomic E-state index is -3.44. The first kappa shape index (κ1) is 16.1. The second-order valence-corrected chi connectivity index (χ2v) is 7.19. The van der Waals surface area contributed by atoms with E-state index in [-0.39, 0.29) is 4.90 Å². The zero-order valence-electron chi connectivity index (χ0n) is 13.0.